The third-order valence-electron chi connectivity index (χ3n) is 1.14. The molecule has 0 N–H and O–H groups in total. The molecule has 0 saturated heterocycles. The van der Waals surface area contributed by atoms with Gasteiger partial charge < -0.3 is 4.57 Å². The van der Waals surface area contributed by atoms with Gasteiger partial charge in [-0.1, -0.05) is 0 Å². The maximum Gasteiger partial charge on any atom is 0.296 e. The van der Waals surface area contributed by atoms with Gasteiger partial charge in [0.1, 0.15) is 6.33 Å². The van der Waals surface area contributed by atoms with Crippen molar-refractivity contribution in [3.05, 3.63) is 6.33 Å². The average Bonchev–Trinajstić information content (AvgIpc) is 2.31. The molecule has 0 aromatic carbocycles. The van der Waals surface area contributed by atoms with Crippen LogP contribution in [-0.2, 0) is 15.6 Å². The molecule has 0 atom stereocenters. The Balaban J connectivity index is 3.24. The van der Waals surface area contributed by atoms with E-state index >= 15 is 0 Å². The van der Waals surface area contributed by atoms with Crippen LogP contribution in [0.5, 0.6) is 0 Å². The van der Waals surface area contributed by atoms with Crippen molar-refractivity contribution in [3.63, 3.8) is 0 Å². The van der Waals surface area contributed by atoms with Gasteiger partial charge in [-0.15, -0.1) is 10.2 Å². The molecule has 1 heterocycles. The number of aromatic nitrogens is 3. The lowest BCUT2D eigenvalue weighted by atomic mass is 10.7. The molecule has 0 bridgehead atoms. The van der Waals surface area contributed by atoms with Crippen molar-refractivity contribution in [2.45, 2.75) is 18.6 Å². The van der Waals surface area contributed by atoms with Crippen molar-refractivity contribution in [2.75, 3.05) is 0 Å². The fourth-order valence-electron chi connectivity index (χ4n) is 0.650. The lowest BCUT2D eigenvalue weighted by Gasteiger charge is -1.96. The first-order valence-corrected chi connectivity index (χ1v) is 5.19. The highest BCUT2D eigenvalue weighted by molar-refractivity contribution is 8.13. The van der Waals surface area contributed by atoms with Crippen molar-refractivity contribution in [1.29, 1.82) is 0 Å². The van der Waals surface area contributed by atoms with Crippen LogP contribution in [0.4, 0.5) is 0 Å². The third kappa shape index (κ3) is 1.69. The summed E-state index contributed by atoms with van der Waals surface area (Å²) in [7, 11) is 1.29. The molecule has 5 nitrogen and oxygen atoms in total. The quantitative estimate of drug-likeness (QED) is 0.634. The molecular formula is C4H6ClN3O2S. The van der Waals surface area contributed by atoms with Gasteiger partial charge in [-0.3, -0.25) is 0 Å². The SMILES string of the molecule is CCn1cnnc1S(=O)(=O)Cl. The summed E-state index contributed by atoms with van der Waals surface area (Å²) in [5.74, 6) is 0. The Morgan fingerprint density at radius 2 is 2.36 bits per heavy atom. The predicted molar refractivity (Wildman–Crippen MR) is 38.7 cm³/mol. The summed E-state index contributed by atoms with van der Waals surface area (Å²) < 4.78 is 22.8. The number of hydrogen-bond acceptors (Lipinski definition) is 4. The van der Waals surface area contributed by atoms with Crippen LogP contribution in [0.15, 0.2) is 11.5 Å². The number of nitrogens with zero attached hydrogens (tertiary/aromatic N) is 3. The highest BCUT2D eigenvalue weighted by atomic mass is 35.7. The summed E-state index contributed by atoms with van der Waals surface area (Å²) in [6.45, 7) is 2.25. The first-order chi connectivity index (χ1) is 5.05. The molecular weight excluding hydrogens is 190 g/mol. The minimum atomic E-state index is -3.74. The molecule has 0 radical (unpaired) electrons. The van der Waals surface area contributed by atoms with Crippen molar-refractivity contribution in [1.82, 2.24) is 14.8 Å². The topological polar surface area (TPSA) is 64.8 Å². The van der Waals surface area contributed by atoms with Gasteiger partial charge in [-0.25, -0.2) is 8.42 Å². The molecule has 0 aliphatic heterocycles. The molecule has 11 heavy (non-hydrogen) atoms. The Kier molecular flexibility index (Phi) is 2.15. The van der Waals surface area contributed by atoms with E-state index in [1.54, 1.807) is 6.92 Å². The van der Waals surface area contributed by atoms with Gasteiger partial charge >= 0.3 is 0 Å². The normalized spacial score (nSPS) is 11.8. The number of rotatable bonds is 2. The van der Waals surface area contributed by atoms with E-state index in [0.29, 0.717) is 6.54 Å². The number of aryl methyl sites for hydroxylation is 1. The van der Waals surface area contributed by atoms with Gasteiger partial charge in [0.2, 0.25) is 0 Å². The van der Waals surface area contributed by atoms with Crippen LogP contribution in [0.2, 0.25) is 0 Å². The summed E-state index contributed by atoms with van der Waals surface area (Å²) >= 11 is 0. The minimum Gasteiger partial charge on any atom is -0.304 e. The fraction of sp³-hybridized carbons (Fsp3) is 0.500. The molecule has 0 saturated carbocycles. The molecule has 0 fully saturated rings. The second-order valence-electron chi connectivity index (χ2n) is 1.84. The van der Waals surface area contributed by atoms with E-state index in [4.69, 9.17) is 10.7 Å². The van der Waals surface area contributed by atoms with Gasteiger partial charge in [0.25, 0.3) is 14.2 Å². The molecule has 7 heteroatoms. The molecule has 62 valence electrons. The summed E-state index contributed by atoms with van der Waals surface area (Å²) in [5, 5.41) is 6.55. The second-order valence-corrected chi connectivity index (χ2v) is 4.30. The van der Waals surface area contributed by atoms with Crippen LogP contribution >= 0.6 is 10.7 Å². The van der Waals surface area contributed by atoms with Gasteiger partial charge in [0, 0.05) is 17.2 Å². The van der Waals surface area contributed by atoms with Gasteiger partial charge in [0.05, 0.1) is 0 Å². The van der Waals surface area contributed by atoms with Crippen molar-refractivity contribution in [3.8, 4) is 0 Å². The Bertz CT molecular complexity index is 344. The van der Waals surface area contributed by atoms with Gasteiger partial charge in [-0.2, -0.15) is 0 Å². The van der Waals surface area contributed by atoms with Gasteiger partial charge in [-0.05, 0) is 6.92 Å². The van der Waals surface area contributed by atoms with Crippen LogP contribution < -0.4 is 0 Å². The highest BCUT2D eigenvalue weighted by Crippen LogP contribution is 2.09. The first kappa shape index (κ1) is 8.48. The largest absolute Gasteiger partial charge is 0.304 e. The predicted octanol–water partition coefficient (Wildman–Crippen LogP) is 0.226. The number of hydrogen-bond donors (Lipinski definition) is 0. The van der Waals surface area contributed by atoms with Crippen LogP contribution in [0.3, 0.4) is 0 Å². The van der Waals surface area contributed by atoms with Crippen LogP contribution in [-0.4, -0.2) is 23.2 Å². The van der Waals surface area contributed by atoms with Crippen molar-refractivity contribution in [2.24, 2.45) is 0 Å². The average molecular weight is 196 g/mol. The Morgan fingerprint density at radius 3 is 2.73 bits per heavy atom. The van der Waals surface area contributed by atoms with E-state index in [2.05, 4.69) is 10.2 Å². The second kappa shape index (κ2) is 2.78. The number of halogens is 1. The Hall–Kier alpha value is -0.620. The summed E-state index contributed by atoms with van der Waals surface area (Å²) in [5.41, 5.74) is 0. The molecule has 0 amide bonds. The van der Waals surface area contributed by atoms with E-state index in [0.717, 1.165) is 0 Å². The lowest BCUT2D eigenvalue weighted by molar-refractivity contribution is 0.581. The standard InChI is InChI=1S/C4H6ClN3O2S/c1-2-8-3-6-7-4(8)11(5,9)10/h3H,2H2,1H3. The molecule has 0 spiro atoms. The monoisotopic (exact) mass is 195 g/mol. The van der Waals surface area contributed by atoms with Crippen molar-refractivity contribution >= 4 is 19.7 Å². The summed E-state index contributed by atoms with van der Waals surface area (Å²) in [6, 6.07) is 0. The zero-order chi connectivity index (χ0) is 8.48. The van der Waals surface area contributed by atoms with Crippen LogP contribution in [0.1, 0.15) is 6.92 Å². The zero-order valence-corrected chi connectivity index (χ0v) is 7.30. The molecule has 0 aliphatic carbocycles. The minimum absolute atomic E-state index is 0.207. The van der Waals surface area contributed by atoms with E-state index in [1.807, 2.05) is 0 Å². The van der Waals surface area contributed by atoms with E-state index in [-0.39, 0.29) is 5.16 Å². The third-order valence-corrected chi connectivity index (χ3v) is 2.31. The van der Waals surface area contributed by atoms with E-state index in [1.165, 1.54) is 10.9 Å². The molecule has 1 aromatic heterocycles. The Labute approximate surface area is 68.4 Å². The van der Waals surface area contributed by atoms with Crippen molar-refractivity contribution < 1.29 is 8.42 Å². The maximum atomic E-state index is 10.7. The zero-order valence-electron chi connectivity index (χ0n) is 5.73. The highest BCUT2D eigenvalue weighted by Gasteiger charge is 2.16. The molecule has 0 aliphatic rings. The maximum absolute atomic E-state index is 10.7. The molecule has 1 rings (SSSR count). The molecule has 0 unspecified atom stereocenters. The van der Waals surface area contributed by atoms with E-state index in [9.17, 15) is 8.42 Å². The van der Waals surface area contributed by atoms with Crippen LogP contribution in [0, 0.1) is 0 Å². The fourth-order valence-corrected chi connectivity index (χ4v) is 1.61. The van der Waals surface area contributed by atoms with Gasteiger partial charge in [0.15, 0.2) is 0 Å². The van der Waals surface area contributed by atoms with Crippen LogP contribution in [0.25, 0.3) is 0 Å². The lowest BCUT2D eigenvalue weighted by Crippen LogP contribution is -2.03. The first-order valence-electron chi connectivity index (χ1n) is 2.88. The summed E-state index contributed by atoms with van der Waals surface area (Å²) in [4.78, 5) is 0. The smallest absolute Gasteiger partial charge is 0.296 e. The van der Waals surface area contributed by atoms with E-state index < -0.39 is 9.05 Å². The Morgan fingerprint density at radius 1 is 1.73 bits per heavy atom. The summed E-state index contributed by atoms with van der Waals surface area (Å²) in [6.07, 6.45) is 1.31. The molecule has 1 aromatic rings.